The van der Waals surface area contributed by atoms with Gasteiger partial charge in [0.25, 0.3) is 5.91 Å². The topological polar surface area (TPSA) is 83.6 Å². The Hall–Kier alpha value is -3.13. The Labute approximate surface area is 190 Å². The zero-order valence-electron chi connectivity index (χ0n) is 18.6. The SMILES string of the molecule is [2H]C(CC(=O)C(F)(F)c1ccc(Cl)cc1)c1ccc2c(c1)CN(C1C(=O)NC(=O)CC1[2H])C2=O. The second kappa shape index (κ2) is 8.43. The van der Waals surface area contributed by atoms with Crippen LogP contribution < -0.4 is 5.32 Å². The molecular weight excluding hydrogens is 442 g/mol. The van der Waals surface area contributed by atoms with Crippen molar-refractivity contribution in [3.05, 3.63) is 69.7 Å². The lowest BCUT2D eigenvalue weighted by atomic mass is 9.97. The van der Waals surface area contributed by atoms with Crippen molar-refractivity contribution in [3.63, 3.8) is 0 Å². The van der Waals surface area contributed by atoms with E-state index in [1.807, 2.05) is 0 Å². The van der Waals surface area contributed by atoms with Crippen molar-refractivity contribution >= 4 is 35.1 Å². The molecule has 3 unspecified atom stereocenters. The molecule has 3 amide bonds. The molecule has 9 heteroatoms. The van der Waals surface area contributed by atoms with Crippen molar-refractivity contribution in [2.24, 2.45) is 0 Å². The van der Waals surface area contributed by atoms with E-state index in [2.05, 4.69) is 5.32 Å². The summed E-state index contributed by atoms with van der Waals surface area (Å²) in [5.41, 5.74) is 0.456. The van der Waals surface area contributed by atoms with Gasteiger partial charge in [-0.25, -0.2) is 0 Å². The lowest BCUT2D eigenvalue weighted by Crippen LogP contribution is -2.52. The zero-order valence-corrected chi connectivity index (χ0v) is 17.4. The molecule has 2 heterocycles. The third kappa shape index (κ3) is 4.14. The van der Waals surface area contributed by atoms with Crippen molar-refractivity contribution in [1.82, 2.24) is 10.2 Å². The van der Waals surface area contributed by atoms with Crippen LogP contribution in [0.25, 0.3) is 0 Å². The first-order valence-electron chi connectivity index (χ1n) is 10.9. The number of benzene rings is 2. The van der Waals surface area contributed by atoms with E-state index >= 15 is 0 Å². The molecule has 2 aliphatic rings. The van der Waals surface area contributed by atoms with E-state index in [4.69, 9.17) is 14.3 Å². The first-order chi connectivity index (χ1) is 16.0. The van der Waals surface area contributed by atoms with Gasteiger partial charge in [0.05, 0.1) is 0 Å². The minimum absolute atomic E-state index is 0.0364. The van der Waals surface area contributed by atoms with E-state index in [1.165, 1.54) is 35.2 Å². The molecule has 6 nitrogen and oxygen atoms in total. The van der Waals surface area contributed by atoms with Gasteiger partial charge in [-0.2, -0.15) is 8.78 Å². The second-order valence-electron chi connectivity index (χ2n) is 7.56. The van der Waals surface area contributed by atoms with Gasteiger partial charge in [-0.3, -0.25) is 24.5 Å². The predicted octanol–water partition coefficient (Wildman–Crippen LogP) is 3.39. The van der Waals surface area contributed by atoms with E-state index in [1.54, 1.807) is 0 Å². The highest BCUT2D eigenvalue weighted by Gasteiger charge is 2.41. The number of halogens is 3. The summed E-state index contributed by atoms with van der Waals surface area (Å²) in [6.07, 6.45) is -3.40. The average molecular weight is 463 g/mol. The highest BCUT2D eigenvalue weighted by molar-refractivity contribution is 6.30. The molecule has 0 saturated carbocycles. The van der Waals surface area contributed by atoms with Gasteiger partial charge in [0.15, 0.2) is 0 Å². The van der Waals surface area contributed by atoms with Crippen LogP contribution in [-0.4, -0.2) is 34.4 Å². The number of fused-ring (bicyclic) bond motifs is 1. The predicted molar refractivity (Wildman–Crippen MR) is 111 cm³/mol. The maximum atomic E-state index is 14.6. The van der Waals surface area contributed by atoms with Crippen molar-refractivity contribution in [3.8, 4) is 0 Å². The number of nitrogens with one attached hydrogen (secondary N) is 1. The molecule has 1 fully saturated rings. The molecule has 166 valence electrons. The molecule has 0 aromatic heterocycles. The van der Waals surface area contributed by atoms with E-state index in [0.29, 0.717) is 5.56 Å². The van der Waals surface area contributed by atoms with Crippen molar-refractivity contribution in [1.29, 1.82) is 0 Å². The number of ketones is 1. The molecule has 0 radical (unpaired) electrons. The molecule has 2 aliphatic heterocycles. The fraction of sp³-hybridized carbons (Fsp3) is 0.304. The molecule has 1 saturated heterocycles. The number of imide groups is 1. The summed E-state index contributed by atoms with van der Waals surface area (Å²) in [6.45, 7) is -0.0364. The Bertz CT molecular complexity index is 1190. The van der Waals surface area contributed by atoms with E-state index in [0.717, 1.165) is 12.1 Å². The average Bonchev–Trinajstić information content (AvgIpc) is 3.08. The third-order valence-electron chi connectivity index (χ3n) is 5.43. The molecule has 0 bridgehead atoms. The number of alkyl halides is 2. The summed E-state index contributed by atoms with van der Waals surface area (Å²) >= 11 is 5.71. The Kier molecular flexibility index (Phi) is 5.15. The second-order valence-corrected chi connectivity index (χ2v) is 8.00. The Morgan fingerprint density at radius 1 is 1.22 bits per heavy atom. The van der Waals surface area contributed by atoms with Gasteiger partial charge in [-0.1, -0.05) is 35.9 Å². The molecule has 4 rings (SSSR count). The van der Waals surface area contributed by atoms with Crippen LogP contribution in [0.5, 0.6) is 0 Å². The number of carbonyl (C=O) groups excluding carboxylic acids is 4. The highest BCUT2D eigenvalue weighted by atomic mass is 35.5. The van der Waals surface area contributed by atoms with E-state index in [-0.39, 0.29) is 29.1 Å². The number of piperidine rings is 1. The van der Waals surface area contributed by atoms with Gasteiger partial charge >= 0.3 is 5.92 Å². The summed E-state index contributed by atoms with van der Waals surface area (Å²) in [7, 11) is 0. The lowest BCUT2D eigenvalue weighted by Gasteiger charge is -2.29. The maximum absolute atomic E-state index is 14.6. The zero-order chi connectivity index (χ0) is 24.8. The monoisotopic (exact) mass is 462 g/mol. The summed E-state index contributed by atoms with van der Waals surface area (Å²) in [6, 6.07) is 7.78. The molecule has 3 atom stereocenters. The van der Waals surface area contributed by atoms with Crippen LogP contribution in [0.3, 0.4) is 0 Å². The number of amides is 3. The van der Waals surface area contributed by atoms with E-state index < -0.39 is 60.2 Å². The number of hydrogen-bond acceptors (Lipinski definition) is 4. The van der Waals surface area contributed by atoms with Crippen LogP contribution in [0.15, 0.2) is 42.5 Å². The largest absolute Gasteiger partial charge is 0.330 e. The van der Waals surface area contributed by atoms with Crippen molar-refractivity contribution in [2.45, 2.75) is 44.1 Å². The normalized spacial score (nSPS) is 22.7. The van der Waals surface area contributed by atoms with Crippen LogP contribution in [0.1, 0.15) is 49.0 Å². The number of rotatable bonds is 6. The Morgan fingerprint density at radius 2 is 1.94 bits per heavy atom. The summed E-state index contributed by atoms with van der Waals surface area (Å²) in [4.78, 5) is 50.0. The number of hydrogen-bond donors (Lipinski definition) is 1. The van der Waals surface area contributed by atoms with Gasteiger partial charge in [0.1, 0.15) is 6.04 Å². The van der Waals surface area contributed by atoms with Crippen molar-refractivity contribution in [2.75, 3.05) is 0 Å². The summed E-state index contributed by atoms with van der Waals surface area (Å²) < 4.78 is 45.5. The molecule has 32 heavy (non-hydrogen) atoms. The van der Waals surface area contributed by atoms with Gasteiger partial charge in [0.2, 0.25) is 17.6 Å². The van der Waals surface area contributed by atoms with Crippen LogP contribution >= 0.6 is 11.6 Å². The molecule has 2 aromatic carbocycles. The smallest absolute Gasteiger partial charge is 0.322 e. The fourth-order valence-corrected chi connectivity index (χ4v) is 3.86. The number of aryl methyl sites for hydroxylation is 1. The molecule has 2 aromatic rings. The minimum Gasteiger partial charge on any atom is -0.322 e. The van der Waals surface area contributed by atoms with E-state index in [9.17, 15) is 28.0 Å². The van der Waals surface area contributed by atoms with Gasteiger partial charge in [-0.05, 0) is 42.1 Å². The molecular formula is C23H19ClF2N2O4. The highest BCUT2D eigenvalue weighted by Crippen LogP contribution is 2.32. The Balaban J connectivity index is 1.50. The molecule has 0 aliphatic carbocycles. The van der Waals surface area contributed by atoms with Crippen LogP contribution in [0.2, 0.25) is 5.02 Å². The summed E-state index contributed by atoms with van der Waals surface area (Å²) in [5.74, 6) is -7.02. The van der Waals surface area contributed by atoms with Gasteiger partial charge in [0, 0.05) is 38.3 Å². The van der Waals surface area contributed by atoms with Gasteiger partial charge in [-0.15, -0.1) is 0 Å². The molecule has 1 N–H and O–H groups in total. The third-order valence-corrected chi connectivity index (χ3v) is 5.69. The van der Waals surface area contributed by atoms with Crippen LogP contribution in [0, 0.1) is 0 Å². The Morgan fingerprint density at radius 3 is 2.62 bits per heavy atom. The van der Waals surface area contributed by atoms with Gasteiger partial charge < -0.3 is 4.90 Å². The number of carbonyl (C=O) groups is 4. The quantitative estimate of drug-likeness (QED) is 0.667. The first kappa shape index (κ1) is 19.5. The number of Topliss-reactive ketones (excluding diaryl/α,β-unsaturated/α-hetero) is 1. The van der Waals surface area contributed by atoms with Crippen LogP contribution in [-0.2, 0) is 33.2 Å². The minimum atomic E-state index is -3.79. The molecule has 0 spiro atoms. The standard InChI is InChI=1S/C23H19ClF2N2O4/c24-16-5-3-15(4-6-16)23(25,26)19(29)9-2-13-1-7-17-14(11-13)12-28(22(17)32)18-8-10-20(30)27-21(18)31/h1,3-7,11,18H,2,8-10,12H2,(H,27,30,31)/i2D,8D. The number of nitrogens with zero attached hydrogens (tertiary/aromatic N) is 1. The fourth-order valence-electron chi connectivity index (χ4n) is 3.73. The maximum Gasteiger partial charge on any atom is 0.330 e. The first-order valence-corrected chi connectivity index (χ1v) is 10.2. The van der Waals surface area contributed by atoms with Crippen LogP contribution in [0.4, 0.5) is 8.78 Å². The summed E-state index contributed by atoms with van der Waals surface area (Å²) in [5, 5.41) is 2.38. The lowest BCUT2D eigenvalue weighted by molar-refractivity contribution is -0.144. The van der Waals surface area contributed by atoms with Crippen molar-refractivity contribution < 1.29 is 30.7 Å².